The Morgan fingerprint density at radius 1 is 1.31 bits per heavy atom. The average Bonchev–Trinajstić information content (AvgIpc) is 3.39. The molecule has 2 N–H and O–H groups in total. The molecule has 0 spiro atoms. The van der Waals surface area contributed by atoms with E-state index in [-0.39, 0.29) is 35.4 Å². The second-order valence-corrected chi connectivity index (χ2v) is 6.97. The van der Waals surface area contributed by atoms with E-state index in [0.717, 1.165) is 0 Å². The fourth-order valence-electron chi connectivity index (χ4n) is 3.04. The average molecular weight is 400 g/mol. The number of carbonyl (C=O) groups is 2. The van der Waals surface area contributed by atoms with Crippen molar-refractivity contribution in [2.75, 3.05) is 7.11 Å². The fraction of sp³-hybridized carbons (Fsp3) is 0.391. The molecule has 2 rings (SSSR count). The first-order valence-electron chi connectivity index (χ1n) is 9.63. The summed E-state index contributed by atoms with van der Waals surface area (Å²) in [6, 6.07) is 4.50. The highest BCUT2D eigenvalue weighted by Gasteiger charge is 2.34. The van der Waals surface area contributed by atoms with Gasteiger partial charge in [0.15, 0.2) is 5.78 Å². The first-order chi connectivity index (χ1) is 13.8. The maximum atomic E-state index is 13.0. The van der Waals surface area contributed by atoms with Gasteiger partial charge in [-0.25, -0.2) is 4.79 Å². The number of carbonyl (C=O) groups excluding carboxylic acids is 1. The zero-order valence-electron chi connectivity index (χ0n) is 17.2. The number of aromatic hydroxyl groups is 1. The van der Waals surface area contributed by atoms with Crippen LogP contribution in [-0.4, -0.2) is 47.4 Å². The third-order valence-electron chi connectivity index (χ3n) is 4.99. The summed E-state index contributed by atoms with van der Waals surface area (Å²) < 4.78 is 10.8. The molecule has 0 bridgehead atoms. The van der Waals surface area contributed by atoms with E-state index in [4.69, 9.17) is 9.47 Å². The van der Waals surface area contributed by atoms with Crippen molar-refractivity contribution in [1.29, 1.82) is 0 Å². The lowest BCUT2D eigenvalue weighted by Crippen LogP contribution is -2.27. The molecular weight excluding hydrogens is 372 g/mol. The summed E-state index contributed by atoms with van der Waals surface area (Å²) in [6.07, 6.45) is 8.97. The van der Waals surface area contributed by atoms with E-state index in [1.807, 2.05) is 26.8 Å². The lowest BCUT2D eigenvalue weighted by Gasteiger charge is -2.19. The van der Waals surface area contributed by atoms with Crippen molar-refractivity contribution in [3.63, 3.8) is 0 Å². The maximum absolute atomic E-state index is 13.0. The van der Waals surface area contributed by atoms with Gasteiger partial charge in [-0.2, -0.15) is 0 Å². The number of aromatic carboxylic acids is 1. The molecule has 0 aliphatic carbocycles. The maximum Gasteiger partial charge on any atom is 0.340 e. The van der Waals surface area contributed by atoms with Crippen molar-refractivity contribution in [1.82, 2.24) is 0 Å². The van der Waals surface area contributed by atoms with Crippen molar-refractivity contribution in [3.05, 3.63) is 59.2 Å². The zero-order chi connectivity index (χ0) is 21.6. The van der Waals surface area contributed by atoms with E-state index < -0.39 is 11.9 Å². The van der Waals surface area contributed by atoms with Crippen molar-refractivity contribution in [2.45, 2.75) is 45.5 Å². The summed E-state index contributed by atoms with van der Waals surface area (Å²) in [6.45, 7) is 5.73. The molecule has 4 unspecified atom stereocenters. The summed E-state index contributed by atoms with van der Waals surface area (Å²) in [4.78, 5) is 24.3. The Balaban J connectivity index is 2.20. The summed E-state index contributed by atoms with van der Waals surface area (Å²) in [5.41, 5.74) is 0.923. The minimum Gasteiger partial charge on any atom is -0.507 e. The summed E-state index contributed by atoms with van der Waals surface area (Å²) >= 11 is 0. The molecule has 156 valence electrons. The highest BCUT2D eigenvalue weighted by atomic mass is 16.6. The number of hydrogen-bond acceptors (Lipinski definition) is 5. The molecule has 1 aliphatic rings. The van der Waals surface area contributed by atoms with Gasteiger partial charge >= 0.3 is 5.97 Å². The van der Waals surface area contributed by atoms with Gasteiger partial charge in [-0.15, -0.1) is 0 Å². The summed E-state index contributed by atoms with van der Waals surface area (Å²) in [7, 11) is 1.56. The van der Waals surface area contributed by atoms with E-state index in [9.17, 15) is 19.8 Å². The number of carboxylic acids is 1. The number of ether oxygens (including phenoxy) is 2. The standard InChI is InChI=1S/C23H28O6/c1-5-16(13-20-15(3)29-20)22(25)18(14(2)28-4)11-7-6-9-17-10-8-12-19(24)21(17)23(26)27/h6-15,18,20,24H,5H2,1-4H3,(H,26,27). The summed E-state index contributed by atoms with van der Waals surface area (Å²) in [5, 5.41) is 19.0. The lowest BCUT2D eigenvalue weighted by molar-refractivity contribution is -0.121. The Bertz CT molecular complexity index is 836. The lowest BCUT2D eigenvalue weighted by atomic mass is 9.90. The van der Waals surface area contributed by atoms with Crippen molar-refractivity contribution in [2.24, 2.45) is 5.92 Å². The van der Waals surface area contributed by atoms with Crippen LogP contribution in [0.25, 0.3) is 6.08 Å². The molecule has 6 nitrogen and oxygen atoms in total. The highest BCUT2D eigenvalue weighted by molar-refractivity contribution is 5.99. The molecule has 0 radical (unpaired) electrons. The number of carboxylic acid groups (broad SMARTS) is 1. The van der Waals surface area contributed by atoms with Crippen LogP contribution in [0.3, 0.4) is 0 Å². The van der Waals surface area contributed by atoms with Gasteiger partial charge in [-0.05, 0) is 43.5 Å². The number of epoxide rings is 1. The quantitative estimate of drug-likeness (QED) is 0.350. The minimum atomic E-state index is -1.21. The Labute approximate surface area is 171 Å². The first-order valence-corrected chi connectivity index (χ1v) is 9.63. The molecule has 1 aliphatic heterocycles. The number of phenols is 1. The topological polar surface area (TPSA) is 96.4 Å². The monoisotopic (exact) mass is 400 g/mol. The first kappa shape index (κ1) is 22.6. The Morgan fingerprint density at radius 3 is 2.55 bits per heavy atom. The Morgan fingerprint density at radius 2 is 2.00 bits per heavy atom. The molecule has 1 aromatic rings. The van der Waals surface area contributed by atoms with Crippen molar-refractivity contribution < 1.29 is 29.3 Å². The molecule has 0 aromatic heterocycles. The summed E-state index contributed by atoms with van der Waals surface area (Å²) in [5.74, 6) is -1.99. The number of hydrogen-bond donors (Lipinski definition) is 2. The van der Waals surface area contributed by atoms with Crippen LogP contribution in [0.2, 0.25) is 0 Å². The smallest absolute Gasteiger partial charge is 0.340 e. The van der Waals surface area contributed by atoms with Crippen LogP contribution in [0.15, 0.2) is 48.1 Å². The number of rotatable bonds is 10. The van der Waals surface area contributed by atoms with Crippen molar-refractivity contribution >= 4 is 17.8 Å². The molecular formula is C23H28O6. The third-order valence-corrected chi connectivity index (χ3v) is 4.99. The Kier molecular flexibility index (Phi) is 7.93. The molecule has 1 aromatic carbocycles. The normalized spacial score (nSPS) is 21.4. The van der Waals surface area contributed by atoms with Gasteiger partial charge in [0, 0.05) is 7.11 Å². The van der Waals surface area contributed by atoms with Crippen LogP contribution in [0.4, 0.5) is 0 Å². The van der Waals surface area contributed by atoms with Gasteiger partial charge in [-0.1, -0.05) is 43.4 Å². The molecule has 0 saturated carbocycles. The molecule has 0 amide bonds. The van der Waals surface area contributed by atoms with Gasteiger partial charge in [-0.3, -0.25) is 4.79 Å². The number of allylic oxidation sites excluding steroid dienone is 3. The molecule has 29 heavy (non-hydrogen) atoms. The van der Waals surface area contributed by atoms with Crippen LogP contribution >= 0.6 is 0 Å². The fourth-order valence-corrected chi connectivity index (χ4v) is 3.04. The van der Waals surface area contributed by atoms with Crippen LogP contribution in [0.5, 0.6) is 5.75 Å². The van der Waals surface area contributed by atoms with E-state index in [0.29, 0.717) is 17.6 Å². The van der Waals surface area contributed by atoms with E-state index in [1.54, 1.807) is 43.5 Å². The largest absolute Gasteiger partial charge is 0.507 e. The van der Waals surface area contributed by atoms with Gasteiger partial charge in [0.05, 0.1) is 18.1 Å². The number of benzene rings is 1. The van der Waals surface area contributed by atoms with Crippen LogP contribution in [0, 0.1) is 5.92 Å². The van der Waals surface area contributed by atoms with Crippen LogP contribution < -0.4 is 0 Å². The van der Waals surface area contributed by atoms with Crippen LogP contribution in [-0.2, 0) is 14.3 Å². The van der Waals surface area contributed by atoms with Crippen molar-refractivity contribution in [3.8, 4) is 5.75 Å². The van der Waals surface area contributed by atoms with E-state index in [1.165, 1.54) is 6.07 Å². The second kappa shape index (κ2) is 10.2. The molecule has 4 atom stereocenters. The number of methoxy groups -OCH3 is 1. The predicted octanol–water partition coefficient (Wildman–Crippen LogP) is 4.00. The van der Waals surface area contributed by atoms with Gasteiger partial charge in [0.1, 0.15) is 17.4 Å². The highest BCUT2D eigenvalue weighted by Crippen LogP contribution is 2.27. The minimum absolute atomic E-state index is 0.00326. The van der Waals surface area contributed by atoms with Crippen LogP contribution in [0.1, 0.15) is 43.1 Å². The van der Waals surface area contributed by atoms with Gasteiger partial charge < -0.3 is 19.7 Å². The molecule has 6 heteroatoms. The van der Waals surface area contributed by atoms with E-state index >= 15 is 0 Å². The van der Waals surface area contributed by atoms with Gasteiger partial charge in [0.2, 0.25) is 0 Å². The predicted molar refractivity (Wildman–Crippen MR) is 111 cm³/mol. The molecule has 1 heterocycles. The zero-order valence-corrected chi connectivity index (χ0v) is 17.2. The SMILES string of the molecule is CCC(=CC1OC1C)C(=O)C(C=CC=Cc1cccc(O)c1C(=O)O)C(C)OC. The molecule has 1 fully saturated rings. The second-order valence-electron chi connectivity index (χ2n) is 6.97. The number of ketones is 1. The molecule has 1 saturated heterocycles. The Hall–Kier alpha value is -2.70. The third kappa shape index (κ3) is 5.89. The van der Waals surface area contributed by atoms with Gasteiger partial charge in [0.25, 0.3) is 0 Å². The van der Waals surface area contributed by atoms with E-state index in [2.05, 4.69) is 0 Å². The number of Topliss-reactive ketones (excluding diaryl/α,β-unsaturated/α-hetero) is 1.